The van der Waals surface area contributed by atoms with Gasteiger partial charge in [0.15, 0.2) is 5.82 Å². The number of nitrogens with one attached hydrogen (secondary N) is 1. The van der Waals surface area contributed by atoms with Gasteiger partial charge in [-0.05, 0) is 19.1 Å². The lowest BCUT2D eigenvalue weighted by molar-refractivity contribution is 0.720. The highest BCUT2D eigenvalue weighted by Crippen LogP contribution is 2.09. The number of rotatable bonds is 3. The molecule has 0 aliphatic rings. The quantitative estimate of drug-likeness (QED) is 0.851. The predicted octanol–water partition coefficient (Wildman–Crippen LogP) is 2.01. The maximum absolute atomic E-state index is 11.8. The van der Waals surface area contributed by atoms with Gasteiger partial charge < -0.3 is 9.88 Å². The molecule has 0 saturated heterocycles. The lowest BCUT2D eigenvalue weighted by atomic mass is 10.3. The lowest BCUT2D eigenvalue weighted by Crippen LogP contribution is -2.22. The Bertz CT molecular complexity index is 519. The van der Waals surface area contributed by atoms with Crippen LogP contribution >= 0.6 is 0 Å². The Hall–Kier alpha value is -2.10. The zero-order valence-electron chi connectivity index (χ0n) is 9.05. The molecule has 0 fully saturated rings. The van der Waals surface area contributed by atoms with Crippen molar-refractivity contribution < 1.29 is 0 Å². The highest BCUT2D eigenvalue weighted by Gasteiger charge is 2.02. The molecular formula is C12H13N3O. The third kappa shape index (κ3) is 2.11. The summed E-state index contributed by atoms with van der Waals surface area (Å²) in [6.45, 7) is 2.57. The van der Waals surface area contributed by atoms with Crippen LogP contribution in [0.4, 0.5) is 11.5 Å². The normalized spacial score (nSPS) is 10.1. The van der Waals surface area contributed by atoms with E-state index < -0.39 is 0 Å². The predicted molar refractivity (Wildman–Crippen MR) is 63.9 cm³/mol. The van der Waals surface area contributed by atoms with Crippen LogP contribution in [0.25, 0.3) is 0 Å². The molecule has 1 heterocycles. The number of benzene rings is 1. The fourth-order valence-corrected chi connectivity index (χ4v) is 1.44. The van der Waals surface area contributed by atoms with Crippen molar-refractivity contribution in [3.05, 3.63) is 53.1 Å². The van der Waals surface area contributed by atoms with Crippen molar-refractivity contribution in [3.63, 3.8) is 0 Å². The first kappa shape index (κ1) is 10.4. The number of hydrogen-bond acceptors (Lipinski definition) is 3. The molecule has 1 N–H and O–H groups in total. The van der Waals surface area contributed by atoms with Crippen LogP contribution in [0.15, 0.2) is 47.5 Å². The molecule has 0 bridgehead atoms. The topological polar surface area (TPSA) is 46.9 Å². The van der Waals surface area contributed by atoms with Gasteiger partial charge in [0, 0.05) is 24.6 Å². The lowest BCUT2D eigenvalue weighted by Gasteiger charge is -2.06. The summed E-state index contributed by atoms with van der Waals surface area (Å²) in [7, 11) is 0. The van der Waals surface area contributed by atoms with Crippen molar-refractivity contribution in [2.45, 2.75) is 13.5 Å². The molecule has 0 radical (unpaired) electrons. The number of anilines is 2. The van der Waals surface area contributed by atoms with Crippen LogP contribution in [0, 0.1) is 0 Å². The van der Waals surface area contributed by atoms with Crippen LogP contribution in [-0.4, -0.2) is 9.55 Å². The van der Waals surface area contributed by atoms with E-state index in [9.17, 15) is 4.79 Å². The standard InChI is InChI=1S/C12H13N3O/c1-2-15-9-8-13-11(12(15)16)14-10-6-4-3-5-7-10/h3-9H,2H2,1H3,(H,13,14). The van der Waals surface area contributed by atoms with Crippen molar-refractivity contribution in [1.82, 2.24) is 9.55 Å². The highest BCUT2D eigenvalue weighted by molar-refractivity contribution is 5.54. The minimum Gasteiger partial charge on any atom is -0.336 e. The summed E-state index contributed by atoms with van der Waals surface area (Å²) in [5.74, 6) is 0.357. The molecule has 1 aromatic carbocycles. The molecule has 0 saturated carbocycles. The molecule has 2 rings (SSSR count). The van der Waals surface area contributed by atoms with E-state index in [1.807, 2.05) is 37.3 Å². The van der Waals surface area contributed by atoms with Gasteiger partial charge in [0.2, 0.25) is 0 Å². The minimum absolute atomic E-state index is 0.103. The van der Waals surface area contributed by atoms with Gasteiger partial charge in [0.25, 0.3) is 5.56 Å². The van der Waals surface area contributed by atoms with E-state index in [4.69, 9.17) is 0 Å². The van der Waals surface area contributed by atoms with E-state index in [1.54, 1.807) is 17.0 Å². The zero-order chi connectivity index (χ0) is 11.4. The Labute approximate surface area is 93.6 Å². The van der Waals surface area contributed by atoms with Crippen LogP contribution in [0.5, 0.6) is 0 Å². The Morgan fingerprint density at radius 3 is 2.75 bits per heavy atom. The number of para-hydroxylation sites is 1. The summed E-state index contributed by atoms with van der Waals surface area (Å²) in [5.41, 5.74) is 0.759. The van der Waals surface area contributed by atoms with Gasteiger partial charge >= 0.3 is 0 Å². The Morgan fingerprint density at radius 1 is 1.31 bits per heavy atom. The maximum atomic E-state index is 11.8. The molecule has 4 nitrogen and oxygen atoms in total. The second-order valence-electron chi connectivity index (χ2n) is 3.36. The van der Waals surface area contributed by atoms with Gasteiger partial charge in [0.1, 0.15) is 0 Å². The number of aryl methyl sites for hydroxylation is 1. The fraction of sp³-hybridized carbons (Fsp3) is 0.167. The summed E-state index contributed by atoms with van der Waals surface area (Å²) >= 11 is 0. The van der Waals surface area contributed by atoms with Crippen molar-refractivity contribution in [1.29, 1.82) is 0 Å². The highest BCUT2D eigenvalue weighted by atomic mass is 16.1. The third-order valence-corrected chi connectivity index (χ3v) is 2.29. The van der Waals surface area contributed by atoms with Crippen LogP contribution in [0.3, 0.4) is 0 Å². The Balaban J connectivity index is 2.32. The molecule has 0 atom stereocenters. The van der Waals surface area contributed by atoms with Crippen molar-refractivity contribution in [2.24, 2.45) is 0 Å². The monoisotopic (exact) mass is 215 g/mol. The molecule has 82 valence electrons. The molecule has 2 aromatic rings. The average Bonchev–Trinajstić information content (AvgIpc) is 2.33. The third-order valence-electron chi connectivity index (χ3n) is 2.29. The molecule has 0 amide bonds. The maximum Gasteiger partial charge on any atom is 0.293 e. The second-order valence-corrected chi connectivity index (χ2v) is 3.36. The summed E-state index contributed by atoms with van der Waals surface area (Å²) in [5, 5.41) is 3.00. The second kappa shape index (κ2) is 4.61. The zero-order valence-corrected chi connectivity index (χ0v) is 9.05. The van der Waals surface area contributed by atoms with Gasteiger partial charge in [-0.15, -0.1) is 0 Å². The first-order valence-corrected chi connectivity index (χ1v) is 5.19. The van der Waals surface area contributed by atoms with E-state index in [0.29, 0.717) is 12.4 Å². The van der Waals surface area contributed by atoms with Crippen LogP contribution in [-0.2, 0) is 6.54 Å². The van der Waals surface area contributed by atoms with Gasteiger partial charge in [-0.3, -0.25) is 4.79 Å². The van der Waals surface area contributed by atoms with E-state index in [-0.39, 0.29) is 5.56 Å². The molecule has 16 heavy (non-hydrogen) atoms. The van der Waals surface area contributed by atoms with Crippen molar-refractivity contribution in [3.8, 4) is 0 Å². The first-order valence-electron chi connectivity index (χ1n) is 5.19. The Kier molecular flexibility index (Phi) is 3.00. The number of aromatic nitrogens is 2. The minimum atomic E-state index is -0.103. The van der Waals surface area contributed by atoms with Gasteiger partial charge in [0.05, 0.1) is 0 Å². The van der Waals surface area contributed by atoms with Gasteiger partial charge in [-0.2, -0.15) is 0 Å². The summed E-state index contributed by atoms with van der Waals surface area (Å²) in [6.07, 6.45) is 3.30. The summed E-state index contributed by atoms with van der Waals surface area (Å²) in [6, 6.07) is 9.52. The molecular weight excluding hydrogens is 202 g/mol. The van der Waals surface area contributed by atoms with Gasteiger partial charge in [-0.25, -0.2) is 4.98 Å². The largest absolute Gasteiger partial charge is 0.336 e. The molecule has 0 unspecified atom stereocenters. The van der Waals surface area contributed by atoms with E-state index in [0.717, 1.165) is 5.69 Å². The van der Waals surface area contributed by atoms with Crippen LogP contribution in [0.1, 0.15) is 6.92 Å². The Morgan fingerprint density at radius 2 is 2.06 bits per heavy atom. The average molecular weight is 215 g/mol. The van der Waals surface area contributed by atoms with Crippen molar-refractivity contribution >= 4 is 11.5 Å². The fourth-order valence-electron chi connectivity index (χ4n) is 1.44. The number of hydrogen-bond donors (Lipinski definition) is 1. The molecule has 0 aliphatic heterocycles. The van der Waals surface area contributed by atoms with E-state index in [1.165, 1.54) is 0 Å². The SMILES string of the molecule is CCn1ccnc(Nc2ccccc2)c1=O. The van der Waals surface area contributed by atoms with Crippen LogP contribution < -0.4 is 10.9 Å². The van der Waals surface area contributed by atoms with Crippen LogP contribution in [0.2, 0.25) is 0 Å². The summed E-state index contributed by atoms with van der Waals surface area (Å²) < 4.78 is 1.61. The van der Waals surface area contributed by atoms with E-state index >= 15 is 0 Å². The molecule has 1 aromatic heterocycles. The first-order chi connectivity index (χ1) is 7.81. The van der Waals surface area contributed by atoms with Gasteiger partial charge in [-0.1, -0.05) is 18.2 Å². The molecule has 0 spiro atoms. The molecule has 4 heteroatoms. The summed E-state index contributed by atoms with van der Waals surface area (Å²) in [4.78, 5) is 15.9. The number of nitrogens with zero attached hydrogens (tertiary/aromatic N) is 2. The molecule has 0 aliphatic carbocycles. The smallest absolute Gasteiger partial charge is 0.293 e. The van der Waals surface area contributed by atoms with Crippen molar-refractivity contribution in [2.75, 3.05) is 5.32 Å². The van der Waals surface area contributed by atoms with E-state index in [2.05, 4.69) is 10.3 Å².